The molecule has 0 spiro atoms. The Balaban J connectivity index is 1.57. The molecule has 1 atom stereocenters. The summed E-state index contributed by atoms with van der Waals surface area (Å²) in [5.74, 6) is 6.87. The molecule has 152 valence electrons. The van der Waals surface area contributed by atoms with Crippen molar-refractivity contribution in [3.05, 3.63) is 53.6 Å². The zero-order valence-corrected chi connectivity index (χ0v) is 17.1. The van der Waals surface area contributed by atoms with Gasteiger partial charge >= 0.3 is 0 Å². The fourth-order valence-corrected chi connectivity index (χ4v) is 2.97. The third kappa shape index (κ3) is 6.30. The number of rotatable bonds is 6. The molecule has 0 saturated carbocycles. The van der Waals surface area contributed by atoms with Crippen LogP contribution < -0.4 is 4.74 Å². The van der Waals surface area contributed by atoms with E-state index in [1.807, 2.05) is 25.1 Å². The first-order valence-corrected chi connectivity index (χ1v) is 10.1. The molecule has 6 nitrogen and oxygen atoms in total. The summed E-state index contributed by atoms with van der Waals surface area (Å²) in [7, 11) is 0. The number of carbonyl (C=O) groups excluding carboxylic acids is 1. The van der Waals surface area contributed by atoms with Crippen molar-refractivity contribution in [1.82, 2.24) is 14.9 Å². The highest BCUT2D eigenvalue weighted by atomic mass is 16.5. The van der Waals surface area contributed by atoms with Crippen LogP contribution in [-0.2, 0) is 4.74 Å². The van der Waals surface area contributed by atoms with Crippen molar-refractivity contribution in [2.75, 3.05) is 26.3 Å². The van der Waals surface area contributed by atoms with Gasteiger partial charge in [0.25, 0.3) is 5.91 Å². The number of morpholine rings is 1. The topological polar surface area (TPSA) is 64.6 Å². The van der Waals surface area contributed by atoms with Gasteiger partial charge < -0.3 is 14.4 Å². The van der Waals surface area contributed by atoms with E-state index < -0.39 is 0 Å². The van der Waals surface area contributed by atoms with E-state index in [1.165, 1.54) is 0 Å². The smallest absolute Gasteiger partial charge is 0.255 e. The standard InChI is InChI=1S/C23H27N3O3/c1-3-4-5-6-7-19-12-20(14-24-13-19)23(27)26-10-11-28-22(16-26)17-29-21-9-8-18(2)25-15-21/h8-9,12-15,22H,3-5,10-11,16-17H2,1-2H3. The summed E-state index contributed by atoms with van der Waals surface area (Å²) in [6.07, 6.45) is 7.86. The number of unbranched alkanes of at least 4 members (excludes halogenated alkanes) is 2. The predicted octanol–water partition coefficient (Wildman–Crippen LogP) is 3.25. The van der Waals surface area contributed by atoms with Gasteiger partial charge in [0.2, 0.25) is 0 Å². The number of hydrogen-bond acceptors (Lipinski definition) is 5. The van der Waals surface area contributed by atoms with Gasteiger partial charge in [0.15, 0.2) is 0 Å². The minimum Gasteiger partial charge on any atom is -0.489 e. The number of aryl methyl sites for hydroxylation is 1. The lowest BCUT2D eigenvalue weighted by molar-refractivity contribution is -0.0401. The molecule has 29 heavy (non-hydrogen) atoms. The van der Waals surface area contributed by atoms with Gasteiger partial charge in [0.05, 0.1) is 24.9 Å². The van der Waals surface area contributed by atoms with Crippen molar-refractivity contribution in [3.63, 3.8) is 0 Å². The highest BCUT2D eigenvalue weighted by Gasteiger charge is 2.26. The molecule has 1 amide bonds. The number of hydrogen-bond donors (Lipinski definition) is 0. The van der Waals surface area contributed by atoms with E-state index in [-0.39, 0.29) is 12.0 Å². The molecular formula is C23H27N3O3. The van der Waals surface area contributed by atoms with Crippen LogP contribution in [0, 0.1) is 18.8 Å². The fourth-order valence-electron chi connectivity index (χ4n) is 2.97. The van der Waals surface area contributed by atoms with Gasteiger partial charge in [-0.1, -0.05) is 25.2 Å². The molecule has 1 saturated heterocycles. The maximum Gasteiger partial charge on any atom is 0.255 e. The Morgan fingerprint density at radius 1 is 1.34 bits per heavy atom. The van der Waals surface area contributed by atoms with E-state index >= 15 is 0 Å². The molecule has 0 aliphatic carbocycles. The first kappa shape index (κ1) is 20.8. The molecule has 0 bridgehead atoms. The van der Waals surface area contributed by atoms with Crippen molar-refractivity contribution in [1.29, 1.82) is 0 Å². The summed E-state index contributed by atoms with van der Waals surface area (Å²) >= 11 is 0. The lowest BCUT2D eigenvalue weighted by Gasteiger charge is -2.32. The van der Waals surface area contributed by atoms with Crippen LogP contribution in [0.25, 0.3) is 0 Å². The highest BCUT2D eigenvalue weighted by Crippen LogP contribution is 2.14. The van der Waals surface area contributed by atoms with Crippen molar-refractivity contribution < 1.29 is 14.3 Å². The van der Waals surface area contributed by atoms with E-state index in [0.717, 1.165) is 30.5 Å². The van der Waals surface area contributed by atoms with Crippen LogP contribution in [0.3, 0.4) is 0 Å². The molecule has 3 rings (SSSR count). The van der Waals surface area contributed by atoms with Crippen LogP contribution in [0.2, 0.25) is 0 Å². The Hall–Kier alpha value is -2.91. The van der Waals surface area contributed by atoms with Crippen LogP contribution >= 0.6 is 0 Å². The normalized spacial score (nSPS) is 16.1. The quantitative estimate of drug-likeness (QED) is 0.557. The summed E-state index contributed by atoms with van der Waals surface area (Å²) < 4.78 is 11.5. The molecule has 2 aromatic heterocycles. The van der Waals surface area contributed by atoms with Crippen LogP contribution in [-0.4, -0.2) is 53.2 Å². The van der Waals surface area contributed by atoms with Crippen molar-refractivity contribution >= 4 is 5.91 Å². The third-order valence-electron chi connectivity index (χ3n) is 4.62. The van der Waals surface area contributed by atoms with Gasteiger partial charge in [-0.25, -0.2) is 0 Å². The fraction of sp³-hybridized carbons (Fsp3) is 0.435. The highest BCUT2D eigenvalue weighted by molar-refractivity contribution is 5.94. The largest absolute Gasteiger partial charge is 0.489 e. The second-order valence-corrected chi connectivity index (χ2v) is 7.06. The maximum absolute atomic E-state index is 12.9. The summed E-state index contributed by atoms with van der Waals surface area (Å²) in [4.78, 5) is 23.1. The second-order valence-electron chi connectivity index (χ2n) is 7.06. The van der Waals surface area contributed by atoms with E-state index in [4.69, 9.17) is 9.47 Å². The summed E-state index contributed by atoms with van der Waals surface area (Å²) in [5.41, 5.74) is 2.26. The molecule has 1 aliphatic heterocycles. The number of carbonyl (C=O) groups is 1. The maximum atomic E-state index is 12.9. The number of ether oxygens (including phenoxy) is 2. The zero-order valence-electron chi connectivity index (χ0n) is 17.1. The van der Waals surface area contributed by atoms with Gasteiger partial charge in [0, 0.05) is 36.6 Å². The molecular weight excluding hydrogens is 366 g/mol. The minimum absolute atomic E-state index is 0.0555. The molecule has 1 unspecified atom stereocenters. The second kappa shape index (κ2) is 10.6. The molecule has 1 aliphatic rings. The van der Waals surface area contributed by atoms with Gasteiger partial charge in [-0.15, -0.1) is 0 Å². The molecule has 2 aromatic rings. The van der Waals surface area contributed by atoms with E-state index in [0.29, 0.717) is 37.6 Å². The average molecular weight is 393 g/mol. The SMILES string of the molecule is CCCCC#Cc1cncc(C(=O)N2CCOC(COc3ccc(C)nc3)C2)c1. The Labute approximate surface area is 172 Å². The molecule has 1 fully saturated rings. The summed E-state index contributed by atoms with van der Waals surface area (Å²) in [5, 5.41) is 0. The molecule has 0 aromatic carbocycles. The summed E-state index contributed by atoms with van der Waals surface area (Å²) in [6.45, 7) is 5.95. The van der Waals surface area contributed by atoms with Gasteiger partial charge in [-0.2, -0.15) is 0 Å². The first-order chi connectivity index (χ1) is 14.2. The monoisotopic (exact) mass is 393 g/mol. The van der Waals surface area contributed by atoms with Crippen LogP contribution in [0.1, 0.15) is 47.8 Å². The molecule has 0 N–H and O–H groups in total. The molecule has 0 radical (unpaired) electrons. The van der Waals surface area contributed by atoms with Crippen LogP contribution in [0.15, 0.2) is 36.8 Å². The Morgan fingerprint density at radius 3 is 3.03 bits per heavy atom. The van der Waals surface area contributed by atoms with E-state index in [1.54, 1.807) is 23.5 Å². The first-order valence-electron chi connectivity index (χ1n) is 10.1. The predicted molar refractivity (Wildman–Crippen MR) is 111 cm³/mol. The van der Waals surface area contributed by atoms with E-state index in [9.17, 15) is 4.79 Å². The average Bonchev–Trinajstić information content (AvgIpc) is 2.76. The number of nitrogens with zero attached hydrogens (tertiary/aromatic N) is 3. The Kier molecular flexibility index (Phi) is 7.60. The van der Waals surface area contributed by atoms with Crippen molar-refractivity contribution in [2.45, 2.75) is 39.2 Å². The zero-order chi connectivity index (χ0) is 20.5. The summed E-state index contributed by atoms with van der Waals surface area (Å²) in [6, 6.07) is 5.60. The number of amides is 1. The van der Waals surface area contributed by atoms with Gasteiger partial charge in [-0.05, 0) is 31.5 Å². The minimum atomic E-state index is -0.181. The van der Waals surface area contributed by atoms with Crippen LogP contribution in [0.4, 0.5) is 0 Å². The molecule has 6 heteroatoms. The van der Waals surface area contributed by atoms with Crippen molar-refractivity contribution in [3.8, 4) is 17.6 Å². The number of pyridine rings is 2. The molecule has 3 heterocycles. The lowest BCUT2D eigenvalue weighted by Crippen LogP contribution is -2.47. The van der Waals surface area contributed by atoms with Crippen molar-refractivity contribution in [2.24, 2.45) is 0 Å². The lowest BCUT2D eigenvalue weighted by atomic mass is 10.1. The van der Waals surface area contributed by atoms with Gasteiger partial charge in [0.1, 0.15) is 18.5 Å². The van der Waals surface area contributed by atoms with Crippen LogP contribution in [0.5, 0.6) is 5.75 Å². The Morgan fingerprint density at radius 2 is 2.24 bits per heavy atom. The van der Waals surface area contributed by atoms with E-state index in [2.05, 4.69) is 28.7 Å². The Bertz CT molecular complexity index is 871. The van der Waals surface area contributed by atoms with Gasteiger partial charge in [-0.3, -0.25) is 14.8 Å². The number of aromatic nitrogens is 2. The third-order valence-corrected chi connectivity index (χ3v) is 4.62.